The summed E-state index contributed by atoms with van der Waals surface area (Å²) in [5.74, 6) is 0. The molecule has 0 spiro atoms. The normalized spacial score (nSPS) is 18.5. The Kier molecular flexibility index (Phi) is 8.12. The second kappa shape index (κ2) is 10.4. The number of halogens is 1. The minimum atomic E-state index is -3.99. The van der Waals surface area contributed by atoms with Crippen LogP contribution in [0.3, 0.4) is 0 Å². The summed E-state index contributed by atoms with van der Waals surface area (Å²) in [4.78, 5) is 14.5. The van der Waals surface area contributed by atoms with Gasteiger partial charge in [-0.3, -0.25) is 4.18 Å². The average molecular weight is 555 g/mol. The van der Waals surface area contributed by atoms with Crippen LogP contribution in [-0.4, -0.2) is 49.3 Å². The number of ether oxygens (including phenoxy) is 1. The number of hydrogen-bond donors (Lipinski definition) is 1. The van der Waals surface area contributed by atoms with Crippen molar-refractivity contribution in [2.24, 2.45) is 0 Å². The summed E-state index contributed by atoms with van der Waals surface area (Å²) in [6.45, 7) is 7.44. The molecule has 186 valence electrons. The molecule has 3 rings (SSSR count). The Hall–Kier alpha value is -1.94. The van der Waals surface area contributed by atoms with Gasteiger partial charge in [0.25, 0.3) is 10.1 Å². The molecule has 0 radical (unpaired) electrons. The van der Waals surface area contributed by atoms with Gasteiger partial charge in [-0.15, -0.1) is 0 Å². The molecule has 2 aromatic rings. The third-order valence-electron chi connectivity index (χ3n) is 5.81. The summed E-state index contributed by atoms with van der Waals surface area (Å²) in [5.41, 5.74) is -0.693. The molecular formula is C25H32BrNO6S. The predicted molar refractivity (Wildman–Crippen MR) is 133 cm³/mol. The van der Waals surface area contributed by atoms with E-state index >= 15 is 0 Å². The Morgan fingerprint density at radius 1 is 1.12 bits per heavy atom. The van der Waals surface area contributed by atoms with Crippen LogP contribution in [0.15, 0.2) is 57.9 Å². The van der Waals surface area contributed by atoms with Crippen molar-refractivity contribution >= 4 is 32.1 Å². The highest BCUT2D eigenvalue weighted by Crippen LogP contribution is 2.39. The molecular weight excluding hydrogens is 522 g/mol. The van der Waals surface area contributed by atoms with Crippen LogP contribution in [0.1, 0.15) is 51.2 Å². The van der Waals surface area contributed by atoms with E-state index in [1.807, 2.05) is 6.92 Å². The molecule has 1 heterocycles. The van der Waals surface area contributed by atoms with Crippen LogP contribution in [0.25, 0.3) is 0 Å². The monoisotopic (exact) mass is 553 g/mol. The lowest BCUT2D eigenvalue weighted by molar-refractivity contribution is -0.0590. The second-order valence-corrected chi connectivity index (χ2v) is 12.1. The first kappa shape index (κ1) is 26.7. The number of amides is 1. The van der Waals surface area contributed by atoms with E-state index in [4.69, 9.17) is 8.92 Å². The molecule has 0 aromatic heterocycles. The Labute approximate surface area is 210 Å². The van der Waals surface area contributed by atoms with Crippen LogP contribution in [0.5, 0.6) is 0 Å². The van der Waals surface area contributed by atoms with E-state index in [2.05, 4.69) is 15.9 Å². The Bertz CT molecular complexity index is 1100. The van der Waals surface area contributed by atoms with Crippen molar-refractivity contribution in [1.82, 2.24) is 4.90 Å². The molecule has 7 nitrogen and oxygen atoms in total. The SMILES string of the molecule is Cc1ccc(S(=O)(=O)OCCC(O)(c2ccc(Br)cc2)[C@@H]2CCCN2C(=O)OC(C)(C)C)cc1. The molecule has 1 saturated heterocycles. The molecule has 0 aliphatic carbocycles. The number of nitrogens with zero attached hydrogens (tertiary/aromatic N) is 1. The fraction of sp³-hybridized carbons (Fsp3) is 0.480. The number of likely N-dealkylation sites (tertiary alicyclic amines) is 1. The Morgan fingerprint density at radius 3 is 2.32 bits per heavy atom. The van der Waals surface area contributed by atoms with Gasteiger partial charge < -0.3 is 14.7 Å². The second-order valence-electron chi connectivity index (χ2n) is 9.60. The summed E-state index contributed by atoms with van der Waals surface area (Å²) in [7, 11) is -3.99. The van der Waals surface area contributed by atoms with Crippen molar-refractivity contribution in [3.8, 4) is 0 Å². The van der Waals surface area contributed by atoms with Crippen molar-refractivity contribution in [2.45, 2.75) is 69.1 Å². The van der Waals surface area contributed by atoms with Crippen LogP contribution < -0.4 is 0 Å². The van der Waals surface area contributed by atoms with Crippen molar-refractivity contribution < 1.29 is 27.2 Å². The zero-order valence-electron chi connectivity index (χ0n) is 20.0. The van der Waals surface area contributed by atoms with E-state index in [1.54, 1.807) is 62.1 Å². The average Bonchev–Trinajstić information content (AvgIpc) is 3.24. The van der Waals surface area contributed by atoms with Crippen molar-refractivity contribution in [2.75, 3.05) is 13.2 Å². The fourth-order valence-corrected chi connectivity index (χ4v) is 5.30. The molecule has 1 amide bonds. The van der Waals surface area contributed by atoms with Gasteiger partial charge >= 0.3 is 6.09 Å². The summed E-state index contributed by atoms with van der Waals surface area (Å²) < 4.78 is 37.0. The van der Waals surface area contributed by atoms with E-state index in [9.17, 15) is 18.3 Å². The van der Waals surface area contributed by atoms with Crippen LogP contribution in [-0.2, 0) is 24.6 Å². The van der Waals surface area contributed by atoms with E-state index in [-0.39, 0.29) is 17.9 Å². The number of hydrogen-bond acceptors (Lipinski definition) is 6. The maximum absolute atomic E-state index is 12.9. The molecule has 1 unspecified atom stereocenters. The van der Waals surface area contributed by atoms with Crippen LogP contribution >= 0.6 is 15.9 Å². The molecule has 1 aliphatic rings. The maximum atomic E-state index is 12.9. The van der Waals surface area contributed by atoms with Gasteiger partial charge in [0.05, 0.1) is 17.5 Å². The smallest absolute Gasteiger partial charge is 0.410 e. The van der Waals surface area contributed by atoms with Crippen LogP contribution in [0, 0.1) is 6.92 Å². The topological polar surface area (TPSA) is 93.1 Å². The molecule has 1 fully saturated rings. The number of benzene rings is 2. The van der Waals surface area contributed by atoms with E-state index in [0.29, 0.717) is 24.9 Å². The number of rotatable bonds is 7. The van der Waals surface area contributed by atoms with Gasteiger partial charge in [-0.1, -0.05) is 45.8 Å². The molecule has 1 aliphatic heterocycles. The number of carbonyl (C=O) groups excluding carboxylic acids is 1. The zero-order chi connectivity index (χ0) is 25.1. The van der Waals surface area contributed by atoms with Gasteiger partial charge in [0.1, 0.15) is 11.2 Å². The maximum Gasteiger partial charge on any atom is 0.410 e. The number of carbonyl (C=O) groups is 1. The minimum Gasteiger partial charge on any atom is -0.444 e. The summed E-state index contributed by atoms with van der Waals surface area (Å²) >= 11 is 3.40. The predicted octanol–water partition coefficient (Wildman–Crippen LogP) is 5.14. The quantitative estimate of drug-likeness (QED) is 0.477. The van der Waals surface area contributed by atoms with E-state index in [1.165, 1.54) is 12.1 Å². The third kappa shape index (κ3) is 6.38. The molecule has 0 bridgehead atoms. The van der Waals surface area contributed by atoms with Gasteiger partial charge in [-0.05, 0) is 70.4 Å². The Balaban J connectivity index is 1.85. The molecule has 2 atom stereocenters. The summed E-state index contributed by atoms with van der Waals surface area (Å²) in [5, 5.41) is 12.0. The van der Waals surface area contributed by atoms with Crippen LogP contribution in [0.4, 0.5) is 4.79 Å². The highest BCUT2D eigenvalue weighted by molar-refractivity contribution is 9.10. The van der Waals surface area contributed by atoms with Gasteiger partial charge in [0.15, 0.2) is 0 Å². The first-order valence-electron chi connectivity index (χ1n) is 11.3. The van der Waals surface area contributed by atoms with Crippen molar-refractivity contribution in [3.63, 3.8) is 0 Å². The molecule has 1 N–H and O–H groups in total. The Morgan fingerprint density at radius 2 is 1.74 bits per heavy atom. The van der Waals surface area contributed by atoms with Gasteiger partial charge in [-0.25, -0.2) is 4.79 Å². The molecule has 9 heteroatoms. The third-order valence-corrected chi connectivity index (χ3v) is 7.66. The van der Waals surface area contributed by atoms with Crippen molar-refractivity contribution in [1.29, 1.82) is 0 Å². The highest BCUT2D eigenvalue weighted by Gasteiger charge is 2.47. The summed E-state index contributed by atoms with van der Waals surface area (Å²) in [6.07, 6.45) is 0.726. The van der Waals surface area contributed by atoms with E-state index in [0.717, 1.165) is 10.0 Å². The standard InChI is InChI=1S/C25H32BrNO6S/c1-18-7-13-21(14-8-18)34(30,31)32-17-15-25(29,19-9-11-20(26)12-10-19)22-6-5-16-27(22)23(28)33-24(2,3)4/h7-14,22,29H,5-6,15-17H2,1-4H3/t22-,25?/m0/s1. The zero-order valence-corrected chi connectivity index (χ0v) is 22.4. The summed E-state index contributed by atoms with van der Waals surface area (Å²) in [6, 6.07) is 12.9. The van der Waals surface area contributed by atoms with E-state index < -0.39 is 33.5 Å². The minimum absolute atomic E-state index is 0.0241. The lowest BCUT2D eigenvalue weighted by Crippen LogP contribution is -2.51. The highest BCUT2D eigenvalue weighted by atomic mass is 79.9. The van der Waals surface area contributed by atoms with Gasteiger partial charge in [0.2, 0.25) is 0 Å². The lowest BCUT2D eigenvalue weighted by atomic mass is 9.82. The number of aliphatic hydroxyl groups is 1. The number of aryl methyl sites for hydroxylation is 1. The fourth-order valence-electron chi connectivity index (χ4n) is 4.12. The van der Waals surface area contributed by atoms with Gasteiger partial charge in [-0.2, -0.15) is 8.42 Å². The first-order chi connectivity index (χ1) is 15.8. The largest absolute Gasteiger partial charge is 0.444 e. The van der Waals surface area contributed by atoms with Crippen molar-refractivity contribution in [3.05, 3.63) is 64.1 Å². The molecule has 34 heavy (non-hydrogen) atoms. The molecule has 2 aromatic carbocycles. The lowest BCUT2D eigenvalue weighted by Gasteiger charge is -2.40. The first-order valence-corrected chi connectivity index (χ1v) is 13.5. The van der Waals surface area contributed by atoms with Gasteiger partial charge in [0, 0.05) is 17.4 Å². The molecule has 0 saturated carbocycles. The van der Waals surface area contributed by atoms with Crippen LogP contribution in [0.2, 0.25) is 0 Å².